The minimum absolute atomic E-state index is 0.100. The molecule has 154 valence electrons. The van der Waals surface area contributed by atoms with Gasteiger partial charge in [0, 0.05) is 24.4 Å². The van der Waals surface area contributed by atoms with Gasteiger partial charge >= 0.3 is 12.1 Å². The quantitative estimate of drug-likeness (QED) is 0.375. The molecule has 4 N–H and O–H groups in total. The smallest absolute Gasteiger partial charge is 0.325 e. The molecule has 8 nitrogen and oxygen atoms in total. The average molecular weight is 427 g/mol. The third kappa shape index (κ3) is 12.2. The van der Waals surface area contributed by atoms with E-state index in [0.717, 1.165) is 0 Å². The molecule has 1 rings (SSSR count). The number of urea groups is 2. The van der Waals surface area contributed by atoms with Gasteiger partial charge in [0.25, 0.3) is 0 Å². The van der Waals surface area contributed by atoms with Crippen LogP contribution in [-0.4, -0.2) is 41.9 Å². The molecule has 0 spiro atoms. The number of benzene rings is 1. The zero-order valence-electron chi connectivity index (χ0n) is 16.2. The van der Waals surface area contributed by atoms with Crippen molar-refractivity contribution in [2.24, 2.45) is 5.41 Å². The van der Waals surface area contributed by atoms with Gasteiger partial charge in [0.15, 0.2) is 0 Å². The van der Waals surface area contributed by atoms with Crippen molar-refractivity contribution in [2.75, 3.05) is 23.4 Å². The molecule has 0 radical (unpaired) electrons. The predicted octanol–water partition coefficient (Wildman–Crippen LogP) is 2.98. The second-order valence-corrected chi connectivity index (χ2v) is 9.58. The highest BCUT2D eigenvalue weighted by Gasteiger charge is 2.17. The summed E-state index contributed by atoms with van der Waals surface area (Å²) < 4.78 is 0. The molecular formula is C18H26N4O4S2. The van der Waals surface area contributed by atoms with Crippen molar-refractivity contribution in [2.45, 2.75) is 27.2 Å². The Labute approximate surface area is 172 Å². The number of imide groups is 2. The molecule has 1 aromatic carbocycles. The van der Waals surface area contributed by atoms with Crippen LogP contribution < -0.4 is 21.3 Å². The highest BCUT2D eigenvalue weighted by Crippen LogP contribution is 2.20. The van der Waals surface area contributed by atoms with Crippen molar-refractivity contribution >= 4 is 51.2 Å². The van der Waals surface area contributed by atoms with E-state index in [9.17, 15) is 19.2 Å². The molecular weight excluding hydrogens is 400 g/mol. The van der Waals surface area contributed by atoms with Crippen molar-refractivity contribution < 1.29 is 19.2 Å². The molecule has 0 fully saturated rings. The number of carbonyl (C=O) groups excluding carboxylic acids is 4. The van der Waals surface area contributed by atoms with E-state index in [4.69, 9.17) is 0 Å². The molecule has 0 heterocycles. The topological polar surface area (TPSA) is 116 Å². The van der Waals surface area contributed by atoms with E-state index in [1.165, 1.54) is 21.6 Å². The van der Waals surface area contributed by atoms with Crippen LogP contribution in [0.5, 0.6) is 0 Å². The van der Waals surface area contributed by atoms with Gasteiger partial charge in [-0.15, -0.1) is 0 Å². The van der Waals surface area contributed by atoms with Gasteiger partial charge in [-0.2, -0.15) is 0 Å². The van der Waals surface area contributed by atoms with Crippen LogP contribution >= 0.6 is 21.6 Å². The fraction of sp³-hybridized carbons (Fsp3) is 0.444. The lowest BCUT2D eigenvalue weighted by Gasteiger charge is -2.16. The second kappa shape index (κ2) is 12.3. The number of hydrogen-bond donors (Lipinski definition) is 4. The molecule has 0 saturated carbocycles. The van der Waals surface area contributed by atoms with Gasteiger partial charge in [-0.1, -0.05) is 60.6 Å². The maximum atomic E-state index is 11.7. The molecule has 1 aromatic rings. The minimum atomic E-state index is -0.583. The molecule has 0 atom stereocenters. The first kappa shape index (κ1) is 23.8. The summed E-state index contributed by atoms with van der Waals surface area (Å²) >= 11 is 0. The van der Waals surface area contributed by atoms with Gasteiger partial charge in [-0.05, 0) is 17.5 Å². The molecule has 0 unspecified atom stereocenters. The molecule has 10 heteroatoms. The summed E-state index contributed by atoms with van der Waals surface area (Å²) in [5.74, 6) is -0.0834. The van der Waals surface area contributed by atoms with Crippen LogP contribution in [0.4, 0.5) is 15.3 Å². The number of para-hydroxylation sites is 1. The van der Waals surface area contributed by atoms with Gasteiger partial charge in [0.05, 0.1) is 5.75 Å². The number of anilines is 1. The third-order valence-corrected chi connectivity index (χ3v) is 5.24. The zero-order chi connectivity index (χ0) is 21.0. The second-order valence-electron chi connectivity index (χ2n) is 6.99. The molecule has 6 amide bonds. The van der Waals surface area contributed by atoms with Crippen LogP contribution in [0.2, 0.25) is 0 Å². The summed E-state index contributed by atoms with van der Waals surface area (Å²) in [6.07, 6.45) is 0.262. The molecule has 0 bridgehead atoms. The summed E-state index contributed by atoms with van der Waals surface area (Å²) in [4.78, 5) is 46.6. The molecule has 0 aliphatic rings. The fourth-order valence-electron chi connectivity index (χ4n) is 1.90. The van der Waals surface area contributed by atoms with E-state index in [1.807, 2.05) is 26.8 Å². The Morgan fingerprint density at radius 2 is 1.54 bits per heavy atom. The van der Waals surface area contributed by atoms with Crippen LogP contribution in [0.25, 0.3) is 0 Å². The van der Waals surface area contributed by atoms with Crippen LogP contribution in [0.15, 0.2) is 30.3 Å². The van der Waals surface area contributed by atoms with Gasteiger partial charge in [0.2, 0.25) is 11.8 Å². The van der Waals surface area contributed by atoms with Crippen LogP contribution in [-0.2, 0) is 9.59 Å². The van der Waals surface area contributed by atoms with Crippen LogP contribution in [0.1, 0.15) is 27.2 Å². The van der Waals surface area contributed by atoms with E-state index in [0.29, 0.717) is 18.0 Å². The molecule has 0 aromatic heterocycles. The Morgan fingerprint density at radius 1 is 0.893 bits per heavy atom. The predicted molar refractivity (Wildman–Crippen MR) is 114 cm³/mol. The van der Waals surface area contributed by atoms with E-state index < -0.39 is 18.0 Å². The van der Waals surface area contributed by atoms with Gasteiger partial charge in [-0.3, -0.25) is 20.2 Å². The summed E-state index contributed by atoms with van der Waals surface area (Å²) in [5.41, 5.74) is 0.412. The standard InChI is InChI=1S/C18H26N4O4S2/c1-18(2,3)11-14(23)21-16(25)19-9-10-27-28-12-15(24)22-17(26)20-13-7-5-4-6-8-13/h4-8H,9-12H2,1-3H3,(H2,19,21,23,25)(H2,20,22,24,26). The normalized spacial score (nSPS) is 10.7. The van der Waals surface area contributed by atoms with Crippen molar-refractivity contribution in [3.63, 3.8) is 0 Å². The first-order valence-corrected chi connectivity index (χ1v) is 11.1. The maximum absolute atomic E-state index is 11.7. The SMILES string of the molecule is CC(C)(C)CC(=O)NC(=O)NCCSSCC(=O)NC(=O)Nc1ccccc1. The number of nitrogens with one attached hydrogen (secondary N) is 4. The summed E-state index contributed by atoms with van der Waals surface area (Å²) in [6.45, 7) is 6.10. The average Bonchev–Trinajstić information content (AvgIpc) is 2.56. The highest BCUT2D eigenvalue weighted by atomic mass is 33.1. The molecule has 28 heavy (non-hydrogen) atoms. The Hall–Kier alpha value is -2.20. The van der Waals surface area contributed by atoms with Crippen molar-refractivity contribution in [1.29, 1.82) is 0 Å². The highest BCUT2D eigenvalue weighted by molar-refractivity contribution is 8.76. The molecule has 0 aliphatic carbocycles. The maximum Gasteiger partial charge on any atom is 0.325 e. The number of rotatable bonds is 8. The van der Waals surface area contributed by atoms with Gasteiger partial charge < -0.3 is 10.6 Å². The number of hydrogen-bond acceptors (Lipinski definition) is 6. The van der Waals surface area contributed by atoms with Gasteiger partial charge in [-0.25, -0.2) is 9.59 Å². The Bertz CT molecular complexity index is 678. The number of amides is 6. The lowest BCUT2D eigenvalue weighted by atomic mass is 9.92. The largest absolute Gasteiger partial charge is 0.337 e. The lowest BCUT2D eigenvalue weighted by Crippen LogP contribution is -2.41. The summed E-state index contributed by atoms with van der Waals surface area (Å²) in [5, 5.41) is 9.64. The Balaban J connectivity index is 2.07. The third-order valence-electron chi connectivity index (χ3n) is 2.97. The van der Waals surface area contributed by atoms with Crippen LogP contribution in [0, 0.1) is 5.41 Å². The van der Waals surface area contributed by atoms with Crippen LogP contribution in [0.3, 0.4) is 0 Å². The lowest BCUT2D eigenvalue weighted by molar-refractivity contribution is -0.121. The molecule has 0 aliphatic heterocycles. The zero-order valence-corrected chi connectivity index (χ0v) is 17.8. The minimum Gasteiger partial charge on any atom is -0.337 e. The first-order valence-electron chi connectivity index (χ1n) is 8.64. The fourth-order valence-corrected chi connectivity index (χ4v) is 3.64. The summed E-state index contributed by atoms with van der Waals surface area (Å²) in [7, 11) is 2.65. The van der Waals surface area contributed by atoms with E-state index in [1.54, 1.807) is 24.3 Å². The molecule has 0 saturated heterocycles. The van der Waals surface area contributed by atoms with E-state index in [2.05, 4.69) is 21.3 Å². The van der Waals surface area contributed by atoms with E-state index >= 15 is 0 Å². The number of carbonyl (C=O) groups is 4. The van der Waals surface area contributed by atoms with Gasteiger partial charge in [0.1, 0.15) is 0 Å². The monoisotopic (exact) mass is 426 g/mol. The van der Waals surface area contributed by atoms with E-state index in [-0.39, 0.29) is 23.5 Å². The summed E-state index contributed by atoms with van der Waals surface area (Å²) in [6, 6.07) is 7.69. The van der Waals surface area contributed by atoms with Crippen molar-refractivity contribution in [1.82, 2.24) is 16.0 Å². The first-order chi connectivity index (χ1) is 13.2. The van der Waals surface area contributed by atoms with Crippen molar-refractivity contribution in [3.05, 3.63) is 30.3 Å². The Kier molecular flexibility index (Phi) is 10.5. The van der Waals surface area contributed by atoms with Crippen molar-refractivity contribution in [3.8, 4) is 0 Å². The Morgan fingerprint density at radius 3 is 2.18 bits per heavy atom.